The Morgan fingerprint density at radius 1 is 1.15 bits per heavy atom. The maximum absolute atomic E-state index is 11.9. The summed E-state index contributed by atoms with van der Waals surface area (Å²) in [5, 5.41) is 3.85. The molecule has 2 aromatic rings. The van der Waals surface area contributed by atoms with E-state index in [0.29, 0.717) is 22.0 Å². The Morgan fingerprint density at radius 3 is 2.40 bits per heavy atom. The van der Waals surface area contributed by atoms with Crippen LogP contribution in [-0.4, -0.2) is 24.9 Å². The third kappa shape index (κ3) is 3.22. The highest BCUT2D eigenvalue weighted by Crippen LogP contribution is 2.25. The number of carbonyl (C=O) groups excluding carboxylic acids is 1. The zero-order valence-electron chi connectivity index (χ0n) is 11.4. The predicted octanol–water partition coefficient (Wildman–Crippen LogP) is 3.37. The predicted molar refractivity (Wildman–Crippen MR) is 83.6 cm³/mol. The van der Waals surface area contributed by atoms with E-state index in [1.807, 2.05) is 12.1 Å². The van der Waals surface area contributed by atoms with Gasteiger partial charge in [-0.3, -0.25) is 4.79 Å². The molecule has 0 aliphatic carbocycles. The number of hydrogen-bond acceptors (Lipinski definition) is 3. The molecular weight excluding hydrogens is 274 g/mol. The van der Waals surface area contributed by atoms with Gasteiger partial charge in [0.05, 0.1) is 11.4 Å². The fourth-order valence-electron chi connectivity index (χ4n) is 1.74. The van der Waals surface area contributed by atoms with Crippen molar-refractivity contribution >= 4 is 34.6 Å². The summed E-state index contributed by atoms with van der Waals surface area (Å²) in [6.45, 7) is 0. The largest absolute Gasteiger partial charge is 0.397 e. The molecule has 0 aliphatic rings. The van der Waals surface area contributed by atoms with Crippen molar-refractivity contribution in [3.05, 3.63) is 53.1 Å². The van der Waals surface area contributed by atoms with E-state index in [1.165, 1.54) is 4.90 Å². The quantitative estimate of drug-likeness (QED) is 0.852. The van der Waals surface area contributed by atoms with Crippen LogP contribution in [0.1, 0.15) is 10.4 Å². The van der Waals surface area contributed by atoms with Crippen LogP contribution in [0.25, 0.3) is 0 Å². The first kappa shape index (κ1) is 14.2. The molecule has 20 heavy (non-hydrogen) atoms. The number of carbonyl (C=O) groups is 1. The van der Waals surface area contributed by atoms with Gasteiger partial charge in [-0.1, -0.05) is 11.6 Å². The Labute approximate surface area is 123 Å². The van der Waals surface area contributed by atoms with Crippen molar-refractivity contribution in [3.8, 4) is 0 Å². The lowest BCUT2D eigenvalue weighted by molar-refractivity contribution is 0.0827. The average Bonchev–Trinajstić information content (AvgIpc) is 2.43. The van der Waals surface area contributed by atoms with E-state index >= 15 is 0 Å². The van der Waals surface area contributed by atoms with Gasteiger partial charge in [0.15, 0.2) is 0 Å². The molecule has 0 bridgehead atoms. The molecule has 2 rings (SSSR count). The molecule has 104 valence electrons. The zero-order chi connectivity index (χ0) is 14.7. The number of halogens is 1. The van der Waals surface area contributed by atoms with Gasteiger partial charge in [0.25, 0.3) is 5.91 Å². The number of rotatable bonds is 3. The van der Waals surface area contributed by atoms with E-state index in [2.05, 4.69) is 5.32 Å². The molecule has 0 unspecified atom stereocenters. The van der Waals surface area contributed by atoms with Gasteiger partial charge < -0.3 is 16.0 Å². The Kier molecular flexibility index (Phi) is 4.15. The first-order valence-corrected chi connectivity index (χ1v) is 6.49. The number of anilines is 3. The van der Waals surface area contributed by atoms with Crippen LogP contribution < -0.4 is 11.1 Å². The minimum Gasteiger partial charge on any atom is -0.397 e. The van der Waals surface area contributed by atoms with Crippen LogP contribution >= 0.6 is 11.6 Å². The van der Waals surface area contributed by atoms with Gasteiger partial charge in [-0.2, -0.15) is 0 Å². The number of nitrogens with zero attached hydrogens (tertiary/aromatic N) is 1. The van der Waals surface area contributed by atoms with Crippen LogP contribution in [0.3, 0.4) is 0 Å². The van der Waals surface area contributed by atoms with E-state index in [4.69, 9.17) is 17.3 Å². The molecule has 0 aliphatic heterocycles. The van der Waals surface area contributed by atoms with Crippen molar-refractivity contribution < 1.29 is 4.79 Å². The molecule has 0 fully saturated rings. The second-order valence-electron chi connectivity index (χ2n) is 4.63. The fraction of sp³-hybridized carbons (Fsp3) is 0.133. The van der Waals surface area contributed by atoms with Crippen LogP contribution in [0.2, 0.25) is 5.02 Å². The van der Waals surface area contributed by atoms with Crippen LogP contribution in [0, 0.1) is 0 Å². The van der Waals surface area contributed by atoms with E-state index in [9.17, 15) is 4.79 Å². The minimum absolute atomic E-state index is 0.0656. The first-order valence-electron chi connectivity index (χ1n) is 6.11. The van der Waals surface area contributed by atoms with Gasteiger partial charge in [-0.15, -0.1) is 0 Å². The number of nitrogens with two attached hydrogens (primary N) is 1. The SMILES string of the molecule is CN(C)C(=O)c1ccc(N)c(Nc2ccc(Cl)cc2)c1. The summed E-state index contributed by atoms with van der Waals surface area (Å²) in [4.78, 5) is 13.5. The second-order valence-corrected chi connectivity index (χ2v) is 5.07. The standard InChI is InChI=1S/C15H16ClN3O/c1-19(2)15(20)10-3-8-13(17)14(9-10)18-12-6-4-11(16)5-7-12/h3-9,18H,17H2,1-2H3. The molecule has 0 aromatic heterocycles. The molecule has 5 heteroatoms. The normalized spacial score (nSPS) is 10.2. The molecule has 4 nitrogen and oxygen atoms in total. The molecule has 0 atom stereocenters. The van der Waals surface area contributed by atoms with Gasteiger partial charge in [-0.25, -0.2) is 0 Å². The lowest BCUT2D eigenvalue weighted by atomic mass is 10.1. The van der Waals surface area contributed by atoms with Gasteiger partial charge >= 0.3 is 0 Å². The Bertz CT molecular complexity index is 624. The molecule has 0 saturated heterocycles. The number of hydrogen-bond donors (Lipinski definition) is 2. The van der Waals surface area contributed by atoms with Crippen molar-refractivity contribution in [1.29, 1.82) is 0 Å². The highest BCUT2D eigenvalue weighted by Gasteiger charge is 2.10. The average molecular weight is 290 g/mol. The molecule has 0 heterocycles. The lowest BCUT2D eigenvalue weighted by Gasteiger charge is -2.14. The van der Waals surface area contributed by atoms with Gasteiger partial charge in [0.1, 0.15) is 0 Å². The molecule has 0 spiro atoms. The van der Waals surface area contributed by atoms with Crippen LogP contribution in [0.4, 0.5) is 17.1 Å². The summed E-state index contributed by atoms with van der Waals surface area (Å²) < 4.78 is 0. The van der Waals surface area contributed by atoms with Crippen molar-refractivity contribution in [2.24, 2.45) is 0 Å². The molecule has 1 amide bonds. The lowest BCUT2D eigenvalue weighted by Crippen LogP contribution is -2.21. The fourth-order valence-corrected chi connectivity index (χ4v) is 1.87. The summed E-state index contributed by atoms with van der Waals surface area (Å²) in [6, 6.07) is 12.4. The Balaban J connectivity index is 2.29. The van der Waals surface area contributed by atoms with Crippen molar-refractivity contribution in [1.82, 2.24) is 4.90 Å². The van der Waals surface area contributed by atoms with E-state index in [0.717, 1.165) is 5.69 Å². The Hall–Kier alpha value is -2.20. The maximum atomic E-state index is 11.9. The van der Waals surface area contributed by atoms with Crippen LogP contribution in [-0.2, 0) is 0 Å². The third-order valence-electron chi connectivity index (χ3n) is 2.83. The van der Waals surface area contributed by atoms with Gasteiger partial charge in [0.2, 0.25) is 0 Å². The van der Waals surface area contributed by atoms with Gasteiger partial charge in [-0.05, 0) is 42.5 Å². The highest BCUT2D eigenvalue weighted by atomic mass is 35.5. The van der Waals surface area contributed by atoms with Crippen LogP contribution in [0.15, 0.2) is 42.5 Å². The van der Waals surface area contributed by atoms with Crippen molar-refractivity contribution in [2.75, 3.05) is 25.1 Å². The monoisotopic (exact) mass is 289 g/mol. The van der Waals surface area contributed by atoms with E-state index < -0.39 is 0 Å². The van der Waals surface area contributed by atoms with E-state index in [1.54, 1.807) is 44.4 Å². The third-order valence-corrected chi connectivity index (χ3v) is 3.08. The number of nitrogens with one attached hydrogen (secondary N) is 1. The number of amides is 1. The van der Waals surface area contributed by atoms with Gasteiger partial charge in [0, 0.05) is 30.4 Å². The zero-order valence-corrected chi connectivity index (χ0v) is 12.1. The molecular formula is C15H16ClN3O. The summed E-state index contributed by atoms with van der Waals surface area (Å²) >= 11 is 5.84. The van der Waals surface area contributed by atoms with Crippen LogP contribution in [0.5, 0.6) is 0 Å². The molecule has 0 saturated carbocycles. The summed E-state index contributed by atoms with van der Waals surface area (Å²) in [5.74, 6) is -0.0656. The van der Waals surface area contributed by atoms with Crippen molar-refractivity contribution in [3.63, 3.8) is 0 Å². The van der Waals surface area contributed by atoms with E-state index in [-0.39, 0.29) is 5.91 Å². The topological polar surface area (TPSA) is 58.4 Å². The Morgan fingerprint density at radius 2 is 1.80 bits per heavy atom. The highest BCUT2D eigenvalue weighted by molar-refractivity contribution is 6.30. The summed E-state index contributed by atoms with van der Waals surface area (Å²) in [5.41, 5.74) is 8.64. The minimum atomic E-state index is -0.0656. The smallest absolute Gasteiger partial charge is 0.253 e. The summed E-state index contributed by atoms with van der Waals surface area (Å²) in [7, 11) is 3.43. The van der Waals surface area contributed by atoms with Crippen molar-refractivity contribution in [2.45, 2.75) is 0 Å². The molecule has 2 aromatic carbocycles. The maximum Gasteiger partial charge on any atom is 0.253 e. The second kappa shape index (κ2) is 5.84. The first-order chi connectivity index (χ1) is 9.47. The molecule has 0 radical (unpaired) electrons. The summed E-state index contributed by atoms with van der Waals surface area (Å²) in [6.07, 6.45) is 0. The molecule has 3 N–H and O–H groups in total. The number of benzene rings is 2. The number of nitrogen functional groups attached to an aromatic ring is 1.